The van der Waals surface area contributed by atoms with Gasteiger partial charge >= 0.3 is 0 Å². The molecule has 2 heterocycles. The van der Waals surface area contributed by atoms with Crippen LogP contribution in [0.1, 0.15) is 18.9 Å². The van der Waals surface area contributed by atoms with Gasteiger partial charge in [-0.1, -0.05) is 6.07 Å². The standard InChI is InChI=1S/C17H26N2O3/c1-12-8-19-11-15(20)7-14(19)10-18(12)9-13-4-5-16(21-2)17(6-13)22-3/h4-6,12,14-15,20H,7-11H2,1-3H3/t12-,14-,15-/m1/s1. The van der Waals surface area contributed by atoms with Gasteiger partial charge < -0.3 is 14.6 Å². The van der Waals surface area contributed by atoms with Gasteiger partial charge in [-0.05, 0) is 31.0 Å². The highest BCUT2D eigenvalue weighted by Gasteiger charge is 2.37. The van der Waals surface area contributed by atoms with E-state index in [2.05, 4.69) is 28.9 Å². The first-order valence-electron chi connectivity index (χ1n) is 7.97. The third-order valence-electron chi connectivity index (χ3n) is 4.91. The van der Waals surface area contributed by atoms with Crippen LogP contribution in [0, 0.1) is 0 Å². The molecule has 0 spiro atoms. The number of aliphatic hydroxyl groups is 1. The Labute approximate surface area is 132 Å². The Kier molecular flexibility index (Phi) is 4.57. The summed E-state index contributed by atoms with van der Waals surface area (Å²) in [5, 5.41) is 9.86. The van der Waals surface area contributed by atoms with Crippen molar-refractivity contribution in [3.05, 3.63) is 23.8 Å². The Morgan fingerprint density at radius 1 is 1.14 bits per heavy atom. The SMILES string of the molecule is COc1ccc(CN2C[C@H]3C[C@@H](O)CN3C[C@H]2C)cc1OC. The molecule has 0 radical (unpaired) electrons. The molecule has 5 nitrogen and oxygen atoms in total. The van der Waals surface area contributed by atoms with E-state index >= 15 is 0 Å². The fraction of sp³-hybridized carbons (Fsp3) is 0.647. The Bertz CT molecular complexity index is 523. The van der Waals surface area contributed by atoms with Gasteiger partial charge in [0.05, 0.1) is 20.3 Å². The van der Waals surface area contributed by atoms with Crippen molar-refractivity contribution < 1.29 is 14.6 Å². The summed E-state index contributed by atoms with van der Waals surface area (Å²) in [7, 11) is 3.33. The molecule has 0 bridgehead atoms. The van der Waals surface area contributed by atoms with Gasteiger partial charge in [0.2, 0.25) is 0 Å². The number of nitrogens with zero attached hydrogens (tertiary/aromatic N) is 2. The van der Waals surface area contributed by atoms with Crippen molar-refractivity contribution in [2.24, 2.45) is 0 Å². The topological polar surface area (TPSA) is 45.2 Å². The van der Waals surface area contributed by atoms with Crippen LogP contribution in [-0.2, 0) is 6.54 Å². The van der Waals surface area contributed by atoms with Crippen molar-refractivity contribution >= 4 is 0 Å². The molecule has 3 rings (SSSR count). The van der Waals surface area contributed by atoms with Crippen LogP contribution in [0.4, 0.5) is 0 Å². The molecule has 22 heavy (non-hydrogen) atoms. The fourth-order valence-corrected chi connectivity index (χ4v) is 3.71. The zero-order valence-corrected chi connectivity index (χ0v) is 13.7. The van der Waals surface area contributed by atoms with E-state index in [1.807, 2.05) is 6.07 Å². The molecular weight excluding hydrogens is 280 g/mol. The monoisotopic (exact) mass is 306 g/mol. The second-order valence-corrected chi connectivity index (χ2v) is 6.47. The normalized spacial score (nSPS) is 29.4. The molecule has 0 aromatic heterocycles. The summed E-state index contributed by atoms with van der Waals surface area (Å²) >= 11 is 0. The molecule has 2 aliphatic rings. The molecule has 0 saturated carbocycles. The maximum atomic E-state index is 9.86. The smallest absolute Gasteiger partial charge is 0.161 e. The van der Waals surface area contributed by atoms with Crippen LogP contribution in [0.25, 0.3) is 0 Å². The molecule has 122 valence electrons. The maximum absolute atomic E-state index is 9.86. The fourth-order valence-electron chi connectivity index (χ4n) is 3.71. The minimum atomic E-state index is -0.154. The molecule has 3 atom stereocenters. The van der Waals surface area contributed by atoms with Crippen molar-refractivity contribution in [3.8, 4) is 11.5 Å². The Morgan fingerprint density at radius 3 is 2.64 bits per heavy atom. The first-order chi connectivity index (χ1) is 10.6. The van der Waals surface area contributed by atoms with E-state index < -0.39 is 0 Å². The summed E-state index contributed by atoms with van der Waals surface area (Å²) in [6, 6.07) is 7.11. The number of methoxy groups -OCH3 is 2. The van der Waals surface area contributed by atoms with Gasteiger partial charge in [-0.15, -0.1) is 0 Å². The zero-order chi connectivity index (χ0) is 15.7. The van der Waals surface area contributed by atoms with Crippen molar-refractivity contribution in [2.75, 3.05) is 33.9 Å². The third-order valence-corrected chi connectivity index (χ3v) is 4.91. The molecule has 1 aromatic rings. The highest BCUT2D eigenvalue weighted by molar-refractivity contribution is 5.42. The number of ether oxygens (including phenoxy) is 2. The van der Waals surface area contributed by atoms with Crippen molar-refractivity contribution in [2.45, 2.75) is 38.1 Å². The van der Waals surface area contributed by atoms with E-state index in [9.17, 15) is 5.11 Å². The van der Waals surface area contributed by atoms with Crippen LogP contribution in [-0.4, -0.2) is 66.9 Å². The van der Waals surface area contributed by atoms with E-state index in [-0.39, 0.29) is 6.10 Å². The minimum Gasteiger partial charge on any atom is -0.493 e. The number of fused-ring (bicyclic) bond motifs is 1. The van der Waals surface area contributed by atoms with Crippen LogP contribution >= 0.6 is 0 Å². The highest BCUT2D eigenvalue weighted by atomic mass is 16.5. The second kappa shape index (κ2) is 6.44. The molecular formula is C17H26N2O3. The predicted octanol–water partition coefficient (Wildman–Crippen LogP) is 1.34. The first-order valence-corrected chi connectivity index (χ1v) is 7.97. The summed E-state index contributed by atoms with van der Waals surface area (Å²) in [5.41, 5.74) is 1.23. The first kappa shape index (κ1) is 15.6. The van der Waals surface area contributed by atoms with Gasteiger partial charge in [-0.2, -0.15) is 0 Å². The second-order valence-electron chi connectivity index (χ2n) is 6.47. The summed E-state index contributed by atoms with van der Waals surface area (Å²) in [5.74, 6) is 1.55. The van der Waals surface area contributed by atoms with Crippen molar-refractivity contribution in [1.82, 2.24) is 9.80 Å². The van der Waals surface area contributed by atoms with Gasteiger partial charge in [0, 0.05) is 38.3 Å². The number of aliphatic hydroxyl groups excluding tert-OH is 1. The van der Waals surface area contributed by atoms with Gasteiger partial charge in [0.1, 0.15) is 0 Å². The number of hydrogen-bond acceptors (Lipinski definition) is 5. The maximum Gasteiger partial charge on any atom is 0.161 e. The van der Waals surface area contributed by atoms with Crippen LogP contribution in [0.3, 0.4) is 0 Å². The van der Waals surface area contributed by atoms with Gasteiger partial charge in [0.15, 0.2) is 11.5 Å². The summed E-state index contributed by atoms with van der Waals surface area (Å²) in [6.45, 7) is 6.06. The van der Waals surface area contributed by atoms with Gasteiger partial charge in [-0.3, -0.25) is 9.80 Å². The third kappa shape index (κ3) is 3.07. The van der Waals surface area contributed by atoms with E-state index in [1.165, 1.54) is 5.56 Å². The molecule has 1 aromatic carbocycles. The van der Waals surface area contributed by atoms with Crippen LogP contribution in [0.15, 0.2) is 18.2 Å². The minimum absolute atomic E-state index is 0.154. The number of hydrogen-bond donors (Lipinski definition) is 1. The van der Waals surface area contributed by atoms with E-state index in [0.29, 0.717) is 12.1 Å². The predicted molar refractivity (Wildman–Crippen MR) is 85.4 cm³/mol. The van der Waals surface area contributed by atoms with E-state index in [0.717, 1.165) is 44.1 Å². The summed E-state index contributed by atoms with van der Waals surface area (Å²) in [6.07, 6.45) is 0.744. The Balaban J connectivity index is 1.70. The number of benzene rings is 1. The van der Waals surface area contributed by atoms with Crippen molar-refractivity contribution in [1.29, 1.82) is 0 Å². The Hall–Kier alpha value is -1.30. The molecule has 5 heteroatoms. The molecule has 0 unspecified atom stereocenters. The molecule has 2 aliphatic heterocycles. The molecule has 1 N–H and O–H groups in total. The van der Waals surface area contributed by atoms with Crippen molar-refractivity contribution in [3.63, 3.8) is 0 Å². The molecule has 0 aliphatic carbocycles. The van der Waals surface area contributed by atoms with E-state index in [1.54, 1.807) is 14.2 Å². The van der Waals surface area contributed by atoms with Gasteiger partial charge in [-0.25, -0.2) is 0 Å². The lowest BCUT2D eigenvalue weighted by molar-refractivity contribution is 0.0528. The molecule has 2 saturated heterocycles. The average Bonchev–Trinajstić information content (AvgIpc) is 2.86. The van der Waals surface area contributed by atoms with Gasteiger partial charge in [0.25, 0.3) is 0 Å². The average molecular weight is 306 g/mol. The largest absolute Gasteiger partial charge is 0.493 e. The van der Waals surface area contributed by atoms with Crippen LogP contribution < -0.4 is 9.47 Å². The molecule has 0 amide bonds. The lowest BCUT2D eigenvalue weighted by atomic mass is 10.1. The highest BCUT2D eigenvalue weighted by Crippen LogP contribution is 2.30. The summed E-state index contributed by atoms with van der Waals surface area (Å²) in [4.78, 5) is 4.93. The number of rotatable bonds is 4. The quantitative estimate of drug-likeness (QED) is 0.909. The lowest BCUT2D eigenvalue weighted by Crippen LogP contribution is -2.54. The number of piperazine rings is 1. The Morgan fingerprint density at radius 2 is 1.91 bits per heavy atom. The zero-order valence-electron chi connectivity index (χ0n) is 13.7. The molecule has 2 fully saturated rings. The lowest BCUT2D eigenvalue weighted by Gasteiger charge is -2.42. The van der Waals surface area contributed by atoms with Crippen LogP contribution in [0.5, 0.6) is 11.5 Å². The summed E-state index contributed by atoms with van der Waals surface area (Å²) < 4.78 is 10.7. The van der Waals surface area contributed by atoms with Crippen LogP contribution in [0.2, 0.25) is 0 Å². The van der Waals surface area contributed by atoms with E-state index in [4.69, 9.17) is 9.47 Å².